The third kappa shape index (κ3) is 1.80. The molecule has 2 atom stereocenters. The molecule has 0 aliphatic heterocycles. The van der Waals surface area contributed by atoms with Crippen LogP contribution in [-0.4, -0.2) is 27.1 Å². The minimum atomic E-state index is -4.84. The summed E-state index contributed by atoms with van der Waals surface area (Å²) in [6.07, 6.45) is -3.63. The molecule has 0 fully saturated rings. The minimum Gasteiger partial charge on any atom is -0.374 e. The Morgan fingerprint density at radius 3 is 2.50 bits per heavy atom. The van der Waals surface area contributed by atoms with Crippen molar-refractivity contribution in [2.24, 2.45) is 5.73 Å². The molecule has 2 unspecified atom stereocenters. The molecule has 16 heavy (non-hydrogen) atoms. The van der Waals surface area contributed by atoms with Crippen molar-refractivity contribution in [3.8, 4) is 0 Å². The predicted molar refractivity (Wildman–Crippen MR) is 51.5 cm³/mol. The van der Waals surface area contributed by atoms with E-state index in [0.717, 1.165) is 17.7 Å². The van der Waals surface area contributed by atoms with Gasteiger partial charge in [-0.1, -0.05) is 0 Å². The SMILES string of the molecule is CCn1nccc1C(O)(C(C)N)C(F)(F)F. The summed E-state index contributed by atoms with van der Waals surface area (Å²) in [6, 6.07) is -0.352. The van der Waals surface area contributed by atoms with E-state index in [4.69, 9.17) is 5.73 Å². The number of hydrogen-bond donors (Lipinski definition) is 2. The van der Waals surface area contributed by atoms with Gasteiger partial charge in [-0.25, -0.2) is 0 Å². The van der Waals surface area contributed by atoms with E-state index in [1.165, 1.54) is 6.20 Å². The Balaban J connectivity index is 3.33. The van der Waals surface area contributed by atoms with E-state index >= 15 is 0 Å². The van der Waals surface area contributed by atoms with Gasteiger partial charge in [0.15, 0.2) is 0 Å². The first-order valence-corrected chi connectivity index (χ1v) is 4.82. The highest BCUT2D eigenvalue weighted by atomic mass is 19.4. The van der Waals surface area contributed by atoms with E-state index in [1.54, 1.807) is 6.92 Å². The van der Waals surface area contributed by atoms with Crippen LogP contribution in [0.3, 0.4) is 0 Å². The normalized spacial score (nSPS) is 18.2. The van der Waals surface area contributed by atoms with Gasteiger partial charge >= 0.3 is 6.18 Å². The maximum Gasteiger partial charge on any atom is 0.424 e. The van der Waals surface area contributed by atoms with Crippen LogP contribution < -0.4 is 5.73 Å². The highest BCUT2D eigenvalue weighted by Crippen LogP contribution is 2.40. The molecular weight excluding hydrogens is 223 g/mol. The molecule has 0 aromatic carbocycles. The van der Waals surface area contributed by atoms with Gasteiger partial charge in [-0.05, 0) is 19.9 Å². The summed E-state index contributed by atoms with van der Waals surface area (Å²) < 4.78 is 39.7. The molecule has 0 saturated carbocycles. The van der Waals surface area contributed by atoms with E-state index < -0.39 is 17.8 Å². The summed E-state index contributed by atoms with van der Waals surface area (Å²) in [7, 11) is 0. The molecule has 1 rings (SSSR count). The molecule has 0 aliphatic rings. The van der Waals surface area contributed by atoms with Crippen LogP contribution in [-0.2, 0) is 12.1 Å². The molecule has 1 heterocycles. The van der Waals surface area contributed by atoms with Crippen LogP contribution >= 0.6 is 0 Å². The second kappa shape index (κ2) is 4.06. The summed E-state index contributed by atoms with van der Waals surface area (Å²) in [5.74, 6) is 0. The number of aromatic nitrogens is 2. The molecular formula is C9H14F3N3O. The van der Waals surface area contributed by atoms with Crippen LogP contribution in [0.2, 0.25) is 0 Å². The number of hydrogen-bond acceptors (Lipinski definition) is 3. The molecule has 1 aromatic rings. The van der Waals surface area contributed by atoms with Crippen molar-refractivity contribution in [1.82, 2.24) is 9.78 Å². The van der Waals surface area contributed by atoms with Crippen molar-refractivity contribution in [3.05, 3.63) is 18.0 Å². The Bertz CT molecular complexity index is 361. The molecule has 92 valence electrons. The summed E-state index contributed by atoms with van der Waals surface area (Å²) in [5, 5.41) is 13.5. The smallest absolute Gasteiger partial charge is 0.374 e. The Morgan fingerprint density at radius 1 is 1.56 bits per heavy atom. The van der Waals surface area contributed by atoms with Crippen molar-refractivity contribution in [3.63, 3.8) is 0 Å². The summed E-state index contributed by atoms with van der Waals surface area (Å²) in [6.45, 7) is 2.97. The molecule has 0 aliphatic carbocycles. The predicted octanol–water partition coefficient (Wildman–Crippen LogP) is 1.00. The lowest BCUT2D eigenvalue weighted by atomic mass is 9.91. The second-order valence-corrected chi connectivity index (χ2v) is 3.59. The Labute approximate surface area is 90.9 Å². The van der Waals surface area contributed by atoms with Gasteiger partial charge in [-0.15, -0.1) is 0 Å². The highest BCUT2D eigenvalue weighted by Gasteiger charge is 2.59. The van der Waals surface area contributed by atoms with E-state index in [9.17, 15) is 18.3 Å². The van der Waals surface area contributed by atoms with Gasteiger partial charge in [-0.3, -0.25) is 4.68 Å². The standard InChI is InChI=1S/C9H14F3N3O/c1-3-15-7(4-5-14-15)8(16,6(2)13)9(10,11)12/h4-6,16H,3,13H2,1-2H3. The van der Waals surface area contributed by atoms with E-state index in [1.807, 2.05) is 0 Å². The topological polar surface area (TPSA) is 64.1 Å². The van der Waals surface area contributed by atoms with Crippen molar-refractivity contribution < 1.29 is 18.3 Å². The number of alkyl halides is 3. The van der Waals surface area contributed by atoms with Crippen LogP contribution in [0.25, 0.3) is 0 Å². The first-order valence-electron chi connectivity index (χ1n) is 4.82. The maximum absolute atomic E-state index is 12.9. The van der Waals surface area contributed by atoms with E-state index in [-0.39, 0.29) is 12.2 Å². The van der Waals surface area contributed by atoms with Gasteiger partial charge < -0.3 is 10.8 Å². The van der Waals surface area contributed by atoms with Crippen LogP contribution in [0.4, 0.5) is 13.2 Å². The monoisotopic (exact) mass is 237 g/mol. The molecule has 3 N–H and O–H groups in total. The van der Waals surface area contributed by atoms with Gasteiger partial charge in [0, 0.05) is 18.8 Å². The Morgan fingerprint density at radius 2 is 2.12 bits per heavy atom. The van der Waals surface area contributed by atoms with Crippen molar-refractivity contribution in [2.45, 2.75) is 38.2 Å². The van der Waals surface area contributed by atoms with Crippen LogP contribution in [0, 0.1) is 0 Å². The van der Waals surface area contributed by atoms with Gasteiger partial charge in [0.2, 0.25) is 5.60 Å². The number of halogens is 3. The largest absolute Gasteiger partial charge is 0.424 e. The number of nitrogens with zero attached hydrogens (tertiary/aromatic N) is 2. The average Bonchev–Trinajstić information content (AvgIpc) is 2.61. The Kier molecular flexibility index (Phi) is 3.30. The van der Waals surface area contributed by atoms with Gasteiger partial charge in [-0.2, -0.15) is 18.3 Å². The van der Waals surface area contributed by atoms with Crippen LogP contribution in [0.5, 0.6) is 0 Å². The van der Waals surface area contributed by atoms with Crippen molar-refractivity contribution >= 4 is 0 Å². The fourth-order valence-corrected chi connectivity index (χ4v) is 1.55. The molecule has 0 saturated heterocycles. The number of rotatable bonds is 3. The zero-order valence-corrected chi connectivity index (χ0v) is 8.99. The van der Waals surface area contributed by atoms with Gasteiger partial charge in [0.05, 0.1) is 5.69 Å². The van der Waals surface area contributed by atoms with E-state index in [0.29, 0.717) is 0 Å². The number of aryl methyl sites for hydroxylation is 1. The van der Waals surface area contributed by atoms with Gasteiger partial charge in [0.25, 0.3) is 0 Å². The third-order valence-electron chi connectivity index (χ3n) is 2.50. The first-order chi connectivity index (χ1) is 7.25. The number of nitrogens with two attached hydrogens (primary N) is 1. The molecule has 4 nitrogen and oxygen atoms in total. The molecule has 0 radical (unpaired) electrons. The second-order valence-electron chi connectivity index (χ2n) is 3.59. The number of aliphatic hydroxyl groups is 1. The van der Waals surface area contributed by atoms with Gasteiger partial charge in [0.1, 0.15) is 0 Å². The highest BCUT2D eigenvalue weighted by molar-refractivity contribution is 5.18. The fourth-order valence-electron chi connectivity index (χ4n) is 1.55. The summed E-state index contributed by atoms with van der Waals surface area (Å²) in [4.78, 5) is 0. The molecule has 0 bridgehead atoms. The maximum atomic E-state index is 12.9. The lowest BCUT2D eigenvalue weighted by Gasteiger charge is -2.34. The van der Waals surface area contributed by atoms with Crippen LogP contribution in [0.15, 0.2) is 12.3 Å². The zero-order chi connectivity index (χ0) is 12.6. The quantitative estimate of drug-likeness (QED) is 0.824. The first kappa shape index (κ1) is 13.0. The zero-order valence-electron chi connectivity index (χ0n) is 8.99. The van der Waals surface area contributed by atoms with Crippen LogP contribution in [0.1, 0.15) is 19.5 Å². The summed E-state index contributed by atoms with van der Waals surface area (Å²) in [5.41, 5.74) is 1.86. The lowest BCUT2D eigenvalue weighted by molar-refractivity contribution is -0.275. The molecule has 0 spiro atoms. The molecule has 0 amide bonds. The van der Waals surface area contributed by atoms with Crippen molar-refractivity contribution in [1.29, 1.82) is 0 Å². The molecule has 7 heteroatoms. The van der Waals surface area contributed by atoms with Crippen molar-refractivity contribution in [2.75, 3.05) is 0 Å². The third-order valence-corrected chi connectivity index (χ3v) is 2.50. The molecule has 1 aromatic heterocycles. The summed E-state index contributed by atoms with van der Waals surface area (Å²) >= 11 is 0. The fraction of sp³-hybridized carbons (Fsp3) is 0.667. The van der Waals surface area contributed by atoms with E-state index in [2.05, 4.69) is 5.10 Å². The average molecular weight is 237 g/mol. The minimum absolute atomic E-state index is 0.230. The Hall–Kier alpha value is -1.08. The lowest BCUT2D eigenvalue weighted by Crippen LogP contribution is -2.55.